The highest BCUT2D eigenvalue weighted by molar-refractivity contribution is 7.12. The van der Waals surface area contributed by atoms with Crippen LogP contribution in [0.15, 0.2) is 11.4 Å². The zero-order valence-corrected chi connectivity index (χ0v) is 11.0. The van der Waals surface area contributed by atoms with Gasteiger partial charge in [-0.3, -0.25) is 0 Å². The van der Waals surface area contributed by atoms with E-state index in [2.05, 4.69) is 12.2 Å². The summed E-state index contributed by atoms with van der Waals surface area (Å²) in [5.41, 5.74) is 1.43. The maximum absolute atomic E-state index is 10.9. The molecule has 17 heavy (non-hydrogen) atoms. The summed E-state index contributed by atoms with van der Waals surface area (Å²) in [6.07, 6.45) is 5.17. The van der Waals surface area contributed by atoms with E-state index in [1.807, 2.05) is 11.4 Å². The Bertz CT molecular complexity index is 396. The lowest BCUT2D eigenvalue weighted by molar-refractivity contribution is 0.0701. The van der Waals surface area contributed by atoms with Gasteiger partial charge in [0.25, 0.3) is 0 Å². The number of thiophene rings is 1. The molecule has 0 saturated heterocycles. The van der Waals surface area contributed by atoms with Crippen molar-refractivity contribution in [2.45, 2.75) is 39.2 Å². The minimum Gasteiger partial charge on any atom is -0.477 e. The second-order valence-electron chi connectivity index (χ2n) is 4.93. The van der Waals surface area contributed by atoms with Crippen molar-refractivity contribution in [2.24, 2.45) is 5.41 Å². The topological polar surface area (TPSA) is 49.3 Å². The molecule has 0 aromatic carbocycles. The number of carboxylic acid groups (broad SMARTS) is 1. The van der Waals surface area contributed by atoms with Crippen LogP contribution in [0.25, 0.3) is 0 Å². The van der Waals surface area contributed by atoms with Gasteiger partial charge in [0.1, 0.15) is 4.88 Å². The lowest BCUT2D eigenvalue weighted by Crippen LogP contribution is -2.24. The van der Waals surface area contributed by atoms with Crippen molar-refractivity contribution in [2.75, 3.05) is 6.54 Å². The first kappa shape index (κ1) is 12.6. The molecule has 3 nitrogen and oxygen atoms in total. The van der Waals surface area contributed by atoms with Gasteiger partial charge in [0.15, 0.2) is 0 Å². The molecule has 0 radical (unpaired) electrons. The summed E-state index contributed by atoms with van der Waals surface area (Å²) >= 11 is 1.30. The second kappa shape index (κ2) is 5.19. The van der Waals surface area contributed by atoms with E-state index in [9.17, 15) is 4.79 Å². The molecule has 0 bridgehead atoms. The molecule has 1 aromatic heterocycles. The van der Waals surface area contributed by atoms with Crippen LogP contribution in [0.1, 0.15) is 47.8 Å². The number of aromatic carboxylic acids is 1. The predicted octanol–water partition coefficient (Wildman–Crippen LogP) is 3.12. The number of hydrogen-bond acceptors (Lipinski definition) is 3. The number of carboxylic acids is 1. The third-order valence-electron chi connectivity index (χ3n) is 3.49. The van der Waals surface area contributed by atoms with Gasteiger partial charge in [-0.1, -0.05) is 13.3 Å². The van der Waals surface area contributed by atoms with Crippen molar-refractivity contribution in [3.8, 4) is 0 Å². The maximum Gasteiger partial charge on any atom is 0.346 e. The summed E-state index contributed by atoms with van der Waals surface area (Å²) in [4.78, 5) is 11.4. The quantitative estimate of drug-likeness (QED) is 0.785. The Labute approximate surface area is 106 Å². The van der Waals surface area contributed by atoms with Gasteiger partial charge >= 0.3 is 5.97 Å². The zero-order valence-electron chi connectivity index (χ0n) is 10.2. The fraction of sp³-hybridized carbons (Fsp3) is 0.615. The Morgan fingerprint density at radius 1 is 1.59 bits per heavy atom. The number of hydrogen-bond donors (Lipinski definition) is 2. The SMILES string of the molecule is CCCC1(CNCc2ccsc2C(=O)O)CC1. The van der Waals surface area contributed by atoms with E-state index in [0.29, 0.717) is 16.8 Å². The minimum absolute atomic E-state index is 0.470. The third-order valence-corrected chi connectivity index (χ3v) is 4.44. The second-order valence-corrected chi connectivity index (χ2v) is 5.85. The van der Waals surface area contributed by atoms with Crippen LogP contribution in [-0.2, 0) is 6.54 Å². The Balaban J connectivity index is 1.82. The summed E-state index contributed by atoms with van der Waals surface area (Å²) in [6, 6.07) is 1.90. The molecule has 2 N–H and O–H groups in total. The van der Waals surface area contributed by atoms with E-state index < -0.39 is 5.97 Å². The largest absolute Gasteiger partial charge is 0.477 e. The summed E-state index contributed by atoms with van der Waals surface area (Å²) in [5, 5.41) is 14.3. The van der Waals surface area contributed by atoms with Gasteiger partial charge in [0.05, 0.1) is 0 Å². The monoisotopic (exact) mass is 253 g/mol. The van der Waals surface area contributed by atoms with Gasteiger partial charge in [-0.25, -0.2) is 4.79 Å². The van der Waals surface area contributed by atoms with Gasteiger partial charge in [-0.15, -0.1) is 11.3 Å². The third kappa shape index (κ3) is 3.07. The van der Waals surface area contributed by atoms with Crippen LogP contribution in [0.3, 0.4) is 0 Å². The Hall–Kier alpha value is -0.870. The molecular weight excluding hydrogens is 234 g/mol. The summed E-state index contributed by atoms with van der Waals surface area (Å²) in [5.74, 6) is -0.813. The molecule has 1 heterocycles. The normalized spacial score (nSPS) is 17.0. The molecule has 4 heteroatoms. The molecule has 0 amide bonds. The van der Waals surface area contributed by atoms with Crippen LogP contribution in [0.4, 0.5) is 0 Å². The van der Waals surface area contributed by atoms with Crippen molar-refractivity contribution in [3.05, 3.63) is 21.9 Å². The van der Waals surface area contributed by atoms with E-state index in [-0.39, 0.29) is 0 Å². The number of nitrogens with one attached hydrogen (secondary N) is 1. The maximum atomic E-state index is 10.9. The Morgan fingerprint density at radius 2 is 2.35 bits per heavy atom. The average molecular weight is 253 g/mol. The highest BCUT2D eigenvalue weighted by atomic mass is 32.1. The summed E-state index contributed by atoms with van der Waals surface area (Å²) < 4.78 is 0. The molecule has 1 aliphatic rings. The van der Waals surface area contributed by atoms with Crippen LogP contribution < -0.4 is 5.32 Å². The molecule has 1 aromatic rings. The van der Waals surface area contributed by atoms with E-state index in [1.54, 1.807) is 0 Å². The number of rotatable bonds is 7. The van der Waals surface area contributed by atoms with Crippen LogP contribution in [-0.4, -0.2) is 17.6 Å². The molecular formula is C13H19NO2S. The predicted molar refractivity (Wildman–Crippen MR) is 69.6 cm³/mol. The van der Waals surface area contributed by atoms with Crippen molar-refractivity contribution >= 4 is 17.3 Å². The van der Waals surface area contributed by atoms with Gasteiger partial charge < -0.3 is 10.4 Å². The van der Waals surface area contributed by atoms with Crippen molar-refractivity contribution < 1.29 is 9.90 Å². The van der Waals surface area contributed by atoms with Crippen LogP contribution in [0.5, 0.6) is 0 Å². The van der Waals surface area contributed by atoms with E-state index >= 15 is 0 Å². The molecule has 0 atom stereocenters. The standard InChI is InChI=1S/C13H19NO2S/c1-2-4-13(5-6-13)9-14-8-10-3-7-17-11(10)12(15)16/h3,7,14H,2,4-6,8-9H2,1H3,(H,15,16). The molecule has 2 rings (SSSR count). The highest BCUT2D eigenvalue weighted by Crippen LogP contribution is 2.48. The first-order valence-electron chi connectivity index (χ1n) is 6.17. The van der Waals surface area contributed by atoms with Gasteiger partial charge in [-0.05, 0) is 41.7 Å². The van der Waals surface area contributed by atoms with E-state index in [0.717, 1.165) is 12.1 Å². The first-order chi connectivity index (χ1) is 8.17. The van der Waals surface area contributed by atoms with Crippen molar-refractivity contribution in [1.29, 1.82) is 0 Å². The van der Waals surface area contributed by atoms with Crippen LogP contribution in [0.2, 0.25) is 0 Å². The van der Waals surface area contributed by atoms with Gasteiger partial charge in [-0.2, -0.15) is 0 Å². The van der Waals surface area contributed by atoms with Gasteiger partial charge in [0.2, 0.25) is 0 Å². The molecule has 0 spiro atoms. The molecule has 1 saturated carbocycles. The first-order valence-corrected chi connectivity index (χ1v) is 7.05. The minimum atomic E-state index is -0.813. The molecule has 0 aliphatic heterocycles. The lowest BCUT2D eigenvalue weighted by atomic mass is 10.0. The summed E-state index contributed by atoms with van der Waals surface area (Å²) in [7, 11) is 0. The number of carbonyl (C=O) groups is 1. The molecule has 0 unspecified atom stereocenters. The fourth-order valence-corrected chi connectivity index (χ4v) is 3.11. The average Bonchev–Trinajstić information content (AvgIpc) is 2.88. The summed E-state index contributed by atoms with van der Waals surface area (Å²) in [6.45, 7) is 3.92. The van der Waals surface area contributed by atoms with Crippen molar-refractivity contribution in [3.63, 3.8) is 0 Å². The molecule has 94 valence electrons. The van der Waals surface area contributed by atoms with Crippen LogP contribution in [0, 0.1) is 5.41 Å². The zero-order chi connectivity index (χ0) is 12.3. The smallest absolute Gasteiger partial charge is 0.346 e. The molecule has 1 aliphatic carbocycles. The van der Waals surface area contributed by atoms with E-state index in [4.69, 9.17) is 5.11 Å². The Kier molecular flexibility index (Phi) is 3.84. The molecule has 1 fully saturated rings. The van der Waals surface area contributed by atoms with Gasteiger partial charge in [0, 0.05) is 13.1 Å². The van der Waals surface area contributed by atoms with Crippen LogP contribution >= 0.6 is 11.3 Å². The van der Waals surface area contributed by atoms with Crippen molar-refractivity contribution in [1.82, 2.24) is 5.32 Å². The highest BCUT2D eigenvalue weighted by Gasteiger charge is 2.40. The fourth-order valence-electron chi connectivity index (χ4n) is 2.35. The lowest BCUT2D eigenvalue weighted by Gasteiger charge is -2.14. The van der Waals surface area contributed by atoms with E-state index in [1.165, 1.54) is 37.0 Å². The Morgan fingerprint density at radius 3 is 2.94 bits per heavy atom.